The van der Waals surface area contributed by atoms with Crippen molar-refractivity contribution in [1.29, 1.82) is 0 Å². The van der Waals surface area contributed by atoms with E-state index in [-0.39, 0.29) is 34.6 Å². The highest BCUT2D eigenvalue weighted by atomic mass is 16.6. The van der Waals surface area contributed by atoms with E-state index >= 15 is 0 Å². The summed E-state index contributed by atoms with van der Waals surface area (Å²) in [4.78, 5) is 22.0. The van der Waals surface area contributed by atoms with Crippen LogP contribution in [-0.4, -0.2) is 35.0 Å². The number of aromatic hydroxyl groups is 1. The maximum atomic E-state index is 11.4. The molecule has 0 aliphatic carbocycles. The lowest BCUT2D eigenvalue weighted by atomic mass is 9.94. The highest BCUT2D eigenvalue weighted by molar-refractivity contribution is 6.05. The van der Waals surface area contributed by atoms with E-state index in [1.807, 2.05) is 19.1 Å². The van der Waals surface area contributed by atoms with Gasteiger partial charge in [0, 0.05) is 12.3 Å². The molecule has 1 aliphatic rings. The van der Waals surface area contributed by atoms with Gasteiger partial charge in [0.15, 0.2) is 5.75 Å². The van der Waals surface area contributed by atoms with Gasteiger partial charge in [-0.2, -0.15) is 10.2 Å². The Labute approximate surface area is 166 Å². The van der Waals surface area contributed by atoms with Crippen LogP contribution in [0.1, 0.15) is 24.5 Å². The third kappa shape index (κ3) is 4.32. The Morgan fingerprint density at radius 2 is 2.07 bits per heavy atom. The minimum atomic E-state index is -0.639. The Kier molecular flexibility index (Phi) is 5.72. The molecule has 1 aliphatic heterocycles. The molecule has 1 atom stereocenters. The van der Waals surface area contributed by atoms with Crippen LogP contribution in [0, 0.1) is 16.0 Å². The average Bonchev–Trinajstić information content (AvgIpc) is 2.69. The van der Waals surface area contributed by atoms with Crippen LogP contribution < -0.4 is 15.6 Å². The lowest BCUT2D eigenvalue weighted by molar-refractivity contribution is -0.385. The molecule has 150 valence electrons. The fraction of sp³-hybridized carbons (Fsp3) is 0.211. The van der Waals surface area contributed by atoms with Crippen molar-refractivity contribution in [3.63, 3.8) is 0 Å². The highest BCUT2D eigenvalue weighted by Gasteiger charge is 2.23. The van der Waals surface area contributed by atoms with Gasteiger partial charge in [-0.05, 0) is 29.8 Å². The number of amides is 1. The van der Waals surface area contributed by atoms with E-state index in [4.69, 9.17) is 4.74 Å². The van der Waals surface area contributed by atoms with Gasteiger partial charge >= 0.3 is 5.69 Å². The first-order valence-corrected chi connectivity index (χ1v) is 8.71. The number of carbonyl (C=O) groups is 1. The molecule has 3 N–H and O–H groups in total. The summed E-state index contributed by atoms with van der Waals surface area (Å²) in [6.45, 7) is 1.94. The van der Waals surface area contributed by atoms with Crippen molar-refractivity contribution >= 4 is 29.2 Å². The molecular weight excluding hydrogens is 378 g/mol. The maximum absolute atomic E-state index is 11.4. The molecule has 0 saturated carbocycles. The van der Waals surface area contributed by atoms with Crippen molar-refractivity contribution in [3.05, 3.63) is 57.6 Å². The number of hydrogen-bond donors (Lipinski definition) is 3. The zero-order valence-electron chi connectivity index (χ0n) is 15.7. The second-order valence-electron chi connectivity index (χ2n) is 6.40. The van der Waals surface area contributed by atoms with Gasteiger partial charge in [0.25, 0.3) is 0 Å². The minimum absolute atomic E-state index is 0.0191. The van der Waals surface area contributed by atoms with E-state index in [1.165, 1.54) is 25.5 Å². The first kappa shape index (κ1) is 19.8. The molecule has 1 heterocycles. The number of phenols is 1. The Morgan fingerprint density at radius 3 is 2.69 bits per heavy atom. The number of ether oxygens (including phenoxy) is 1. The van der Waals surface area contributed by atoms with Crippen LogP contribution in [0.3, 0.4) is 0 Å². The standard InChI is InChI=1S/C19H19N5O5/c1-11-9-16(26)22-23-17(11)12-3-6-14(7-4-12)21-20-10-13-5-8-15(25)19(29-2)18(13)24(27)28/h3-8,10-11,21,25H,9H2,1-2H3,(H,22,26)/b20-10+. The molecule has 0 fully saturated rings. The number of carbonyl (C=O) groups excluding carboxylic acids is 1. The lowest BCUT2D eigenvalue weighted by Crippen LogP contribution is -2.31. The summed E-state index contributed by atoms with van der Waals surface area (Å²) in [5, 5.41) is 29.2. The molecule has 0 bridgehead atoms. The quantitative estimate of drug-likeness (QED) is 0.389. The Bertz CT molecular complexity index is 1000. The number of nitrogens with zero attached hydrogens (tertiary/aromatic N) is 3. The molecule has 0 spiro atoms. The van der Waals surface area contributed by atoms with Crippen molar-refractivity contribution in [3.8, 4) is 11.5 Å². The second kappa shape index (κ2) is 8.38. The number of hydrazone groups is 2. The number of phenolic OH excluding ortho intramolecular Hbond substituents is 1. The van der Waals surface area contributed by atoms with Crippen LogP contribution in [0.4, 0.5) is 11.4 Å². The molecule has 2 aromatic rings. The largest absolute Gasteiger partial charge is 0.504 e. The number of nitrogens with one attached hydrogen (secondary N) is 2. The van der Waals surface area contributed by atoms with Gasteiger partial charge in [-0.25, -0.2) is 5.43 Å². The van der Waals surface area contributed by atoms with E-state index in [0.717, 1.165) is 11.3 Å². The van der Waals surface area contributed by atoms with E-state index in [1.54, 1.807) is 12.1 Å². The normalized spacial score (nSPS) is 16.3. The number of hydrogen-bond acceptors (Lipinski definition) is 8. The summed E-state index contributed by atoms with van der Waals surface area (Å²) in [7, 11) is 1.24. The summed E-state index contributed by atoms with van der Waals surface area (Å²) in [6, 6.07) is 9.93. The Hall–Kier alpha value is -3.95. The summed E-state index contributed by atoms with van der Waals surface area (Å²) < 4.78 is 4.92. The summed E-state index contributed by atoms with van der Waals surface area (Å²) in [5.74, 6) is -0.631. The van der Waals surface area contributed by atoms with Gasteiger partial charge in [0.05, 0.1) is 35.2 Å². The van der Waals surface area contributed by atoms with Crippen molar-refractivity contribution < 1.29 is 19.6 Å². The molecule has 1 unspecified atom stereocenters. The summed E-state index contributed by atoms with van der Waals surface area (Å²) >= 11 is 0. The molecule has 0 aromatic heterocycles. The molecule has 0 radical (unpaired) electrons. The number of methoxy groups -OCH3 is 1. The zero-order valence-corrected chi connectivity index (χ0v) is 15.7. The van der Waals surface area contributed by atoms with Crippen LogP contribution in [0.2, 0.25) is 0 Å². The topological polar surface area (TPSA) is 138 Å². The first-order chi connectivity index (χ1) is 13.9. The average molecular weight is 397 g/mol. The predicted octanol–water partition coefficient (Wildman–Crippen LogP) is 2.62. The third-order valence-electron chi connectivity index (χ3n) is 4.37. The van der Waals surface area contributed by atoms with Crippen LogP contribution in [-0.2, 0) is 4.79 Å². The zero-order chi connectivity index (χ0) is 21.0. The van der Waals surface area contributed by atoms with E-state index in [2.05, 4.69) is 21.1 Å². The summed E-state index contributed by atoms with van der Waals surface area (Å²) in [6.07, 6.45) is 1.66. The van der Waals surface area contributed by atoms with Gasteiger partial charge in [0.2, 0.25) is 11.7 Å². The van der Waals surface area contributed by atoms with Crippen molar-refractivity contribution in [1.82, 2.24) is 5.43 Å². The van der Waals surface area contributed by atoms with Gasteiger partial charge in [-0.3, -0.25) is 20.3 Å². The van der Waals surface area contributed by atoms with Crippen molar-refractivity contribution in [2.24, 2.45) is 16.1 Å². The number of benzene rings is 2. The van der Waals surface area contributed by atoms with Crippen molar-refractivity contribution in [2.75, 3.05) is 12.5 Å². The molecule has 2 aromatic carbocycles. The number of nitro groups is 1. The maximum Gasteiger partial charge on any atom is 0.323 e. The molecule has 1 amide bonds. The van der Waals surface area contributed by atoms with Gasteiger partial charge < -0.3 is 9.84 Å². The Balaban J connectivity index is 1.75. The van der Waals surface area contributed by atoms with E-state index in [9.17, 15) is 20.0 Å². The highest BCUT2D eigenvalue weighted by Crippen LogP contribution is 2.37. The lowest BCUT2D eigenvalue weighted by Gasteiger charge is -2.19. The van der Waals surface area contributed by atoms with Crippen LogP contribution >= 0.6 is 0 Å². The van der Waals surface area contributed by atoms with Crippen LogP contribution in [0.5, 0.6) is 11.5 Å². The third-order valence-corrected chi connectivity index (χ3v) is 4.37. The van der Waals surface area contributed by atoms with E-state index < -0.39 is 4.92 Å². The molecular formula is C19H19N5O5. The predicted molar refractivity (Wildman–Crippen MR) is 107 cm³/mol. The SMILES string of the molecule is COc1c(O)ccc(/C=N/Nc2ccc(C3=NNC(=O)CC3C)cc2)c1[N+](=O)[O-]. The van der Waals surface area contributed by atoms with Gasteiger partial charge in [-0.15, -0.1) is 0 Å². The molecule has 29 heavy (non-hydrogen) atoms. The number of nitro benzene ring substituents is 1. The monoisotopic (exact) mass is 397 g/mol. The molecule has 0 saturated heterocycles. The molecule has 10 heteroatoms. The van der Waals surface area contributed by atoms with Crippen molar-refractivity contribution in [2.45, 2.75) is 13.3 Å². The fourth-order valence-electron chi connectivity index (χ4n) is 2.96. The van der Waals surface area contributed by atoms with Gasteiger partial charge in [-0.1, -0.05) is 19.1 Å². The summed E-state index contributed by atoms with van der Waals surface area (Å²) in [5.41, 5.74) is 7.41. The van der Waals surface area contributed by atoms with E-state index in [0.29, 0.717) is 12.1 Å². The van der Waals surface area contributed by atoms with Gasteiger partial charge in [0.1, 0.15) is 0 Å². The van der Waals surface area contributed by atoms with Crippen LogP contribution in [0.15, 0.2) is 46.6 Å². The number of anilines is 1. The van der Waals surface area contributed by atoms with Crippen LogP contribution in [0.25, 0.3) is 0 Å². The Morgan fingerprint density at radius 1 is 1.34 bits per heavy atom. The number of rotatable bonds is 6. The second-order valence-corrected chi connectivity index (χ2v) is 6.40. The molecule has 10 nitrogen and oxygen atoms in total. The first-order valence-electron chi connectivity index (χ1n) is 8.71. The molecule has 3 rings (SSSR count). The minimum Gasteiger partial charge on any atom is -0.504 e. The smallest absolute Gasteiger partial charge is 0.323 e. The fourth-order valence-corrected chi connectivity index (χ4v) is 2.96.